The molecule has 0 amide bonds. The smallest absolute Gasteiger partial charge is 0.164 e. The van der Waals surface area contributed by atoms with Gasteiger partial charge in [0.05, 0.1) is 0 Å². The Morgan fingerprint density at radius 2 is 0.776 bits per heavy atom. The molecule has 4 heteroatoms. The van der Waals surface area contributed by atoms with Crippen LogP contribution in [0, 0.1) is 0 Å². The van der Waals surface area contributed by atoms with Gasteiger partial charge in [0.25, 0.3) is 0 Å². The summed E-state index contributed by atoms with van der Waals surface area (Å²) in [6.07, 6.45) is 0. The van der Waals surface area contributed by atoms with Crippen molar-refractivity contribution in [3.63, 3.8) is 0 Å². The molecule has 0 fully saturated rings. The Kier molecular flexibility index (Phi) is 7.10. The molecule has 0 aliphatic heterocycles. The Balaban J connectivity index is 1.18. The SMILES string of the molecule is c1ccc(-c2ccc(-c3nc(-c4cccc(-c5ccccc5)c4)nc(-c4ccc5c(c4)oc4c(-c6ccccc6)cccc45)n3)cc2)cc1. The first-order valence-electron chi connectivity index (χ1n) is 16.4. The third-order valence-corrected chi connectivity index (χ3v) is 8.96. The summed E-state index contributed by atoms with van der Waals surface area (Å²) < 4.78 is 6.58. The van der Waals surface area contributed by atoms with Gasteiger partial charge in [0.2, 0.25) is 0 Å². The van der Waals surface area contributed by atoms with E-state index in [9.17, 15) is 0 Å². The summed E-state index contributed by atoms with van der Waals surface area (Å²) in [5.74, 6) is 1.81. The van der Waals surface area contributed by atoms with Gasteiger partial charge in [-0.1, -0.05) is 158 Å². The number of furan rings is 1. The van der Waals surface area contributed by atoms with Crippen molar-refractivity contribution in [3.05, 3.63) is 176 Å². The molecule has 230 valence electrons. The molecule has 7 aromatic carbocycles. The molecule has 0 saturated carbocycles. The minimum absolute atomic E-state index is 0.586. The van der Waals surface area contributed by atoms with Crippen LogP contribution in [0.3, 0.4) is 0 Å². The monoisotopic (exact) mass is 627 g/mol. The van der Waals surface area contributed by atoms with E-state index in [1.54, 1.807) is 0 Å². The van der Waals surface area contributed by atoms with E-state index in [0.717, 1.165) is 66.4 Å². The highest BCUT2D eigenvalue weighted by molar-refractivity contribution is 6.10. The highest BCUT2D eigenvalue weighted by Crippen LogP contribution is 2.37. The molecular weight excluding hydrogens is 599 g/mol. The second-order valence-electron chi connectivity index (χ2n) is 12.1. The van der Waals surface area contributed by atoms with E-state index >= 15 is 0 Å². The summed E-state index contributed by atoms with van der Waals surface area (Å²) >= 11 is 0. The Morgan fingerprint density at radius 3 is 1.45 bits per heavy atom. The normalized spacial score (nSPS) is 11.3. The fourth-order valence-corrected chi connectivity index (χ4v) is 6.46. The summed E-state index contributed by atoms with van der Waals surface area (Å²) in [5, 5.41) is 2.13. The molecule has 0 atom stereocenters. The zero-order valence-electron chi connectivity index (χ0n) is 26.5. The maximum atomic E-state index is 6.58. The summed E-state index contributed by atoms with van der Waals surface area (Å²) in [5.41, 5.74) is 11.1. The van der Waals surface area contributed by atoms with Gasteiger partial charge in [0.1, 0.15) is 11.2 Å². The molecule has 0 radical (unpaired) electrons. The van der Waals surface area contributed by atoms with Crippen LogP contribution in [-0.4, -0.2) is 15.0 Å². The molecule has 0 aliphatic carbocycles. The van der Waals surface area contributed by atoms with Crippen molar-refractivity contribution in [2.24, 2.45) is 0 Å². The second-order valence-corrected chi connectivity index (χ2v) is 12.1. The summed E-state index contributed by atoms with van der Waals surface area (Å²) in [4.78, 5) is 15.1. The van der Waals surface area contributed by atoms with E-state index in [-0.39, 0.29) is 0 Å². The van der Waals surface area contributed by atoms with Gasteiger partial charge >= 0.3 is 0 Å². The first kappa shape index (κ1) is 28.6. The Hall–Kier alpha value is -6.65. The van der Waals surface area contributed by atoms with Crippen molar-refractivity contribution in [1.82, 2.24) is 15.0 Å². The van der Waals surface area contributed by atoms with E-state index in [1.807, 2.05) is 24.3 Å². The molecule has 0 aliphatic rings. The van der Waals surface area contributed by atoms with E-state index in [4.69, 9.17) is 19.4 Å². The number of rotatable bonds is 6. The van der Waals surface area contributed by atoms with Gasteiger partial charge in [-0.25, -0.2) is 15.0 Å². The third kappa shape index (κ3) is 5.45. The maximum absolute atomic E-state index is 6.58. The van der Waals surface area contributed by atoms with Crippen molar-refractivity contribution in [2.45, 2.75) is 0 Å². The first-order valence-corrected chi connectivity index (χ1v) is 16.4. The highest BCUT2D eigenvalue weighted by atomic mass is 16.3. The van der Waals surface area contributed by atoms with E-state index in [0.29, 0.717) is 17.5 Å². The number of benzene rings is 7. The van der Waals surface area contributed by atoms with Gasteiger partial charge in [-0.05, 0) is 46.0 Å². The van der Waals surface area contributed by atoms with E-state index in [2.05, 4.69) is 152 Å². The third-order valence-electron chi connectivity index (χ3n) is 8.96. The predicted molar refractivity (Wildman–Crippen MR) is 200 cm³/mol. The quantitative estimate of drug-likeness (QED) is 0.184. The summed E-state index contributed by atoms with van der Waals surface area (Å²) in [6.45, 7) is 0. The number of nitrogens with zero attached hydrogens (tertiary/aromatic N) is 3. The zero-order valence-corrected chi connectivity index (χ0v) is 26.5. The van der Waals surface area contributed by atoms with Gasteiger partial charge in [-0.2, -0.15) is 0 Å². The lowest BCUT2D eigenvalue weighted by molar-refractivity contribution is 0.670. The van der Waals surface area contributed by atoms with Gasteiger partial charge in [0.15, 0.2) is 17.5 Å². The van der Waals surface area contributed by atoms with Crippen molar-refractivity contribution in [1.29, 1.82) is 0 Å². The van der Waals surface area contributed by atoms with Gasteiger partial charge in [0, 0.05) is 33.0 Å². The van der Waals surface area contributed by atoms with Crippen LogP contribution in [0.2, 0.25) is 0 Å². The molecule has 2 heterocycles. The minimum Gasteiger partial charge on any atom is -0.455 e. The average Bonchev–Trinajstić information content (AvgIpc) is 3.57. The molecule has 4 nitrogen and oxygen atoms in total. The van der Waals surface area contributed by atoms with Crippen molar-refractivity contribution in [3.8, 4) is 67.5 Å². The van der Waals surface area contributed by atoms with Crippen LogP contribution >= 0.6 is 0 Å². The number of hydrogen-bond acceptors (Lipinski definition) is 4. The van der Waals surface area contributed by atoms with Crippen LogP contribution in [0.5, 0.6) is 0 Å². The van der Waals surface area contributed by atoms with Crippen LogP contribution in [-0.2, 0) is 0 Å². The Morgan fingerprint density at radius 1 is 0.306 bits per heavy atom. The lowest BCUT2D eigenvalue weighted by atomic mass is 10.0. The number of fused-ring (bicyclic) bond motifs is 3. The van der Waals surface area contributed by atoms with Crippen molar-refractivity contribution >= 4 is 21.9 Å². The fraction of sp³-hybridized carbons (Fsp3) is 0. The number of aromatic nitrogens is 3. The Bertz CT molecular complexity index is 2580. The summed E-state index contributed by atoms with van der Waals surface area (Å²) in [6, 6.07) is 60.4. The lowest BCUT2D eigenvalue weighted by Crippen LogP contribution is -2.00. The molecule has 0 saturated heterocycles. The van der Waals surface area contributed by atoms with Gasteiger partial charge in [-0.15, -0.1) is 0 Å². The molecule has 0 unspecified atom stereocenters. The summed E-state index contributed by atoms with van der Waals surface area (Å²) in [7, 11) is 0. The fourth-order valence-electron chi connectivity index (χ4n) is 6.46. The molecule has 0 spiro atoms. The van der Waals surface area contributed by atoms with Crippen LogP contribution < -0.4 is 0 Å². The molecule has 2 aromatic heterocycles. The standard InChI is InChI=1S/C45H29N3O/c1-4-12-30(13-5-1)32-22-24-34(25-23-32)43-46-44(36-19-10-18-35(28-36)31-14-6-2-7-15-31)48-45(47-43)37-26-27-39-40-21-11-20-38(33-16-8-3-9-17-33)42(40)49-41(39)29-37/h1-29H. The Labute approximate surface area is 284 Å². The van der Waals surface area contributed by atoms with Crippen LogP contribution in [0.25, 0.3) is 89.5 Å². The topological polar surface area (TPSA) is 51.8 Å². The van der Waals surface area contributed by atoms with E-state index in [1.165, 1.54) is 5.56 Å². The van der Waals surface area contributed by atoms with Crippen LogP contribution in [0.15, 0.2) is 180 Å². The largest absolute Gasteiger partial charge is 0.455 e. The number of para-hydroxylation sites is 1. The first-order chi connectivity index (χ1) is 24.3. The average molecular weight is 628 g/mol. The highest BCUT2D eigenvalue weighted by Gasteiger charge is 2.17. The molecule has 0 N–H and O–H groups in total. The molecule has 0 bridgehead atoms. The van der Waals surface area contributed by atoms with Gasteiger partial charge < -0.3 is 4.42 Å². The van der Waals surface area contributed by atoms with Crippen LogP contribution in [0.1, 0.15) is 0 Å². The van der Waals surface area contributed by atoms with Gasteiger partial charge in [-0.3, -0.25) is 0 Å². The van der Waals surface area contributed by atoms with Crippen molar-refractivity contribution < 1.29 is 4.42 Å². The molecule has 9 rings (SSSR count). The maximum Gasteiger partial charge on any atom is 0.164 e. The minimum atomic E-state index is 0.586. The predicted octanol–water partition coefficient (Wildman–Crippen LogP) is 11.8. The second kappa shape index (κ2) is 12.2. The van der Waals surface area contributed by atoms with Crippen molar-refractivity contribution in [2.75, 3.05) is 0 Å². The molecule has 49 heavy (non-hydrogen) atoms. The van der Waals surface area contributed by atoms with Crippen LogP contribution in [0.4, 0.5) is 0 Å². The lowest BCUT2D eigenvalue weighted by Gasteiger charge is -2.10. The van der Waals surface area contributed by atoms with E-state index < -0.39 is 0 Å². The molecule has 9 aromatic rings. The number of hydrogen-bond donors (Lipinski definition) is 0. The molecular formula is C45H29N3O. The zero-order chi connectivity index (χ0) is 32.6.